The van der Waals surface area contributed by atoms with Crippen LogP contribution in [0.3, 0.4) is 0 Å². The molecule has 2 rings (SSSR count). The number of hydrogen-bond acceptors (Lipinski definition) is 2. The molecule has 0 amide bonds. The first-order valence-corrected chi connectivity index (χ1v) is 4.72. The first-order chi connectivity index (χ1) is 6.64. The molecule has 1 saturated carbocycles. The Morgan fingerprint density at radius 3 is 2.86 bits per heavy atom. The van der Waals surface area contributed by atoms with Gasteiger partial charge in [-0.05, 0) is 25.0 Å². The van der Waals surface area contributed by atoms with Crippen molar-refractivity contribution in [3.05, 3.63) is 18.3 Å². The smallest absolute Gasteiger partial charge is 0.311 e. The monoisotopic (exact) mass is 194 g/mol. The number of nitrogens with zero attached hydrogens (tertiary/aromatic N) is 1. The Bertz CT molecular complexity index is 328. The highest BCUT2D eigenvalue weighted by Gasteiger charge is 2.51. The maximum absolute atomic E-state index is 11.0. The molecule has 1 aliphatic rings. The third kappa shape index (κ3) is 1.47. The molecule has 1 aliphatic carbocycles. The minimum absolute atomic E-state index is 0.486. The Hall–Kier alpha value is -1.45. The number of nitrogens with one attached hydrogen (secondary N) is 1. The number of aromatic nitrogens is 1. The molecule has 4 nitrogen and oxygen atoms in total. The van der Waals surface area contributed by atoms with Crippen molar-refractivity contribution < 1.29 is 9.90 Å². The molecule has 0 bridgehead atoms. The normalized spacial score (nSPS) is 17.8. The van der Waals surface area contributed by atoms with Gasteiger partial charge in [-0.1, -0.05) is 0 Å². The van der Waals surface area contributed by atoms with Crippen molar-refractivity contribution in [2.45, 2.75) is 12.8 Å². The molecule has 1 aromatic heterocycles. The molecule has 1 aromatic rings. The van der Waals surface area contributed by atoms with E-state index in [1.807, 2.05) is 30.3 Å². The van der Waals surface area contributed by atoms with Crippen LogP contribution in [0.25, 0.3) is 0 Å². The highest BCUT2D eigenvalue weighted by Crippen LogP contribution is 2.46. The van der Waals surface area contributed by atoms with E-state index in [9.17, 15) is 4.79 Å². The second kappa shape index (κ2) is 3.04. The van der Waals surface area contributed by atoms with Crippen LogP contribution in [0.1, 0.15) is 12.8 Å². The average Bonchev–Trinajstić information content (AvgIpc) is 2.74. The number of aromatic amines is 1. The van der Waals surface area contributed by atoms with Crippen LogP contribution in [-0.4, -0.2) is 29.7 Å². The van der Waals surface area contributed by atoms with Crippen LogP contribution < -0.4 is 4.90 Å². The van der Waals surface area contributed by atoms with Crippen molar-refractivity contribution in [2.75, 3.05) is 18.5 Å². The van der Waals surface area contributed by atoms with Crippen molar-refractivity contribution in [1.29, 1.82) is 0 Å². The van der Waals surface area contributed by atoms with Crippen molar-refractivity contribution in [2.24, 2.45) is 5.41 Å². The summed E-state index contributed by atoms with van der Waals surface area (Å²) in [5.74, 6) is 0.299. The number of hydrogen-bond donors (Lipinski definition) is 2. The maximum Gasteiger partial charge on any atom is 0.311 e. The SMILES string of the molecule is CN(CC1(C(=O)O)CC1)c1ccc[nH]1. The topological polar surface area (TPSA) is 56.3 Å². The van der Waals surface area contributed by atoms with Gasteiger partial charge in [-0.15, -0.1) is 0 Å². The van der Waals surface area contributed by atoms with Crippen LogP contribution in [-0.2, 0) is 4.79 Å². The third-order valence-electron chi connectivity index (χ3n) is 2.84. The van der Waals surface area contributed by atoms with E-state index in [0.717, 1.165) is 18.7 Å². The van der Waals surface area contributed by atoms with E-state index in [1.54, 1.807) is 0 Å². The molecular formula is C10H14N2O2. The molecule has 1 heterocycles. The molecule has 14 heavy (non-hydrogen) atoms. The lowest BCUT2D eigenvalue weighted by Crippen LogP contribution is -2.31. The van der Waals surface area contributed by atoms with E-state index >= 15 is 0 Å². The lowest BCUT2D eigenvalue weighted by molar-refractivity contribution is -0.142. The zero-order valence-electron chi connectivity index (χ0n) is 8.16. The Morgan fingerprint density at radius 2 is 2.43 bits per heavy atom. The van der Waals surface area contributed by atoms with Crippen LogP contribution in [0.5, 0.6) is 0 Å². The van der Waals surface area contributed by atoms with Crippen LogP contribution >= 0.6 is 0 Å². The fourth-order valence-corrected chi connectivity index (χ4v) is 1.69. The summed E-state index contributed by atoms with van der Waals surface area (Å²) in [5, 5.41) is 9.01. The van der Waals surface area contributed by atoms with Crippen molar-refractivity contribution in [3.8, 4) is 0 Å². The van der Waals surface area contributed by atoms with Gasteiger partial charge in [0, 0.05) is 19.8 Å². The third-order valence-corrected chi connectivity index (χ3v) is 2.84. The van der Waals surface area contributed by atoms with Gasteiger partial charge in [0.2, 0.25) is 0 Å². The molecule has 0 unspecified atom stereocenters. The Balaban J connectivity index is 2.02. The van der Waals surface area contributed by atoms with Gasteiger partial charge in [-0.3, -0.25) is 4.79 Å². The minimum atomic E-state index is -0.670. The van der Waals surface area contributed by atoms with Gasteiger partial charge in [0.25, 0.3) is 0 Å². The summed E-state index contributed by atoms with van der Waals surface area (Å²) in [4.78, 5) is 16.0. The molecule has 76 valence electrons. The Kier molecular flexibility index (Phi) is 1.98. The quantitative estimate of drug-likeness (QED) is 0.760. The van der Waals surface area contributed by atoms with Crippen molar-refractivity contribution in [1.82, 2.24) is 4.98 Å². The first-order valence-electron chi connectivity index (χ1n) is 4.72. The molecule has 0 saturated heterocycles. The van der Waals surface area contributed by atoms with Crippen LogP contribution in [0, 0.1) is 5.41 Å². The summed E-state index contributed by atoms with van der Waals surface area (Å²) in [6.07, 6.45) is 3.44. The average molecular weight is 194 g/mol. The minimum Gasteiger partial charge on any atom is -0.481 e. The number of carboxylic acid groups (broad SMARTS) is 1. The summed E-state index contributed by atoms with van der Waals surface area (Å²) >= 11 is 0. The maximum atomic E-state index is 11.0. The largest absolute Gasteiger partial charge is 0.481 e. The lowest BCUT2D eigenvalue weighted by atomic mass is 10.1. The van der Waals surface area contributed by atoms with Crippen molar-refractivity contribution in [3.63, 3.8) is 0 Å². The van der Waals surface area contributed by atoms with Crippen molar-refractivity contribution >= 4 is 11.8 Å². The highest BCUT2D eigenvalue weighted by atomic mass is 16.4. The Morgan fingerprint density at radius 1 is 1.71 bits per heavy atom. The van der Waals surface area contributed by atoms with Crippen LogP contribution in [0.15, 0.2) is 18.3 Å². The van der Waals surface area contributed by atoms with Gasteiger partial charge in [-0.25, -0.2) is 0 Å². The van der Waals surface area contributed by atoms with E-state index in [2.05, 4.69) is 4.98 Å². The van der Waals surface area contributed by atoms with Gasteiger partial charge in [0.05, 0.1) is 5.41 Å². The lowest BCUT2D eigenvalue weighted by Gasteiger charge is -2.21. The van der Waals surface area contributed by atoms with E-state index in [-0.39, 0.29) is 0 Å². The van der Waals surface area contributed by atoms with E-state index in [0.29, 0.717) is 6.54 Å². The van der Waals surface area contributed by atoms with Crippen LogP contribution in [0.2, 0.25) is 0 Å². The summed E-state index contributed by atoms with van der Waals surface area (Å²) in [5.41, 5.74) is -0.486. The molecule has 0 aromatic carbocycles. The molecule has 2 N–H and O–H groups in total. The van der Waals surface area contributed by atoms with E-state index in [1.165, 1.54) is 0 Å². The molecule has 0 radical (unpaired) electrons. The molecule has 4 heteroatoms. The molecule has 0 atom stereocenters. The van der Waals surface area contributed by atoms with Gasteiger partial charge in [-0.2, -0.15) is 0 Å². The highest BCUT2D eigenvalue weighted by molar-refractivity contribution is 5.78. The number of carboxylic acids is 1. The number of carbonyl (C=O) groups is 1. The zero-order valence-corrected chi connectivity index (χ0v) is 8.16. The summed E-state index contributed by atoms with van der Waals surface area (Å²) < 4.78 is 0. The second-order valence-corrected chi connectivity index (χ2v) is 4.00. The number of rotatable bonds is 4. The predicted octanol–water partition coefficient (Wildman–Crippen LogP) is 1.32. The van der Waals surface area contributed by atoms with Gasteiger partial charge in [0.1, 0.15) is 5.82 Å². The fraction of sp³-hybridized carbons (Fsp3) is 0.500. The van der Waals surface area contributed by atoms with E-state index in [4.69, 9.17) is 5.11 Å². The number of H-pyrrole nitrogens is 1. The van der Waals surface area contributed by atoms with Crippen LogP contribution in [0.4, 0.5) is 5.82 Å². The second-order valence-electron chi connectivity index (χ2n) is 4.00. The number of anilines is 1. The molecule has 0 spiro atoms. The molecular weight excluding hydrogens is 180 g/mol. The summed E-state index contributed by atoms with van der Waals surface area (Å²) in [6, 6.07) is 3.85. The van der Waals surface area contributed by atoms with Gasteiger partial charge >= 0.3 is 5.97 Å². The number of aliphatic carboxylic acids is 1. The summed E-state index contributed by atoms with van der Waals surface area (Å²) in [6.45, 7) is 0.586. The van der Waals surface area contributed by atoms with Gasteiger partial charge < -0.3 is 15.0 Å². The molecule has 1 fully saturated rings. The standard InChI is InChI=1S/C10H14N2O2/c1-12(8-3-2-6-11-8)7-10(4-5-10)9(13)14/h2-3,6,11H,4-5,7H2,1H3,(H,13,14). The first kappa shape index (κ1) is 9.12. The summed E-state index contributed by atoms with van der Waals surface area (Å²) in [7, 11) is 1.91. The predicted molar refractivity (Wildman–Crippen MR) is 53.4 cm³/mol. The zero-order chi connectivity index (χ0) is 10.2. The fourth-order valence-electron chi connectivity index (χ4n) is 1.69. The van der Waals surface area contributed by atoms with Gasteiger partial charge in [0.15, 0.2) is 0 Å². The Labute approximate surface area is 82.5 Å². The molecule has 0 aliphatic heterocycles. The van der Waals surface area contributed by atoms with E-state index < -0.39 is 11.4 Å².